The molecule has 3 aromatic heterocycles. The first-order valence-electron chi connectivity index (χ1n) is 9.75. The molecule has 0 radical (unpaired) electrons. The molecule has 0 fully saturated rings. The van der Waals surface area contributed by atoms with Crippen LogP contribution in [0.15, 0.2) is 46.6 Å². The largest absolute Gasteiger partial charge is 0.355 e. The molecule has 0 unspecified atom stereocenters. The molecule has 7 nitrogen and oxygen atoms in total. The van der Waals surface area contributed by atoms with E-state index in [1.165, 1.54) is 16.9 Å². The third-order valence-electron chi connectivity index (χ3n) is 5.00. The molecule has 3 heterocycles. The van der Waals surface area contributed by atoms with Crippen LogP contribution in [-0.2, 0) is 24.7 Å². The van der Waals surface area contributed by atoms with E-state index in [-0.39, 0.29) is 17.9 Å². The highest BCUT2D eigenvalue weighted by Crippen LogP contribution is 2.22. The van der Waals surface area contributed by atoms with Crippen LogP contribution in [-0.4, -0.2) is 31.6 Å². The van der Waals surface area contributed by atoms with E-state index >= 15 is 0 Å². The number of aromatic nitrogens is 4. The average molecular weight is 422 g/mol. The van der Waals surface area contributed by atoms with Crippen LogP contribution in [0.4, 0.5) is 0 Å². The number of rotatable bonds is 6. The molecule has 0 saturated carbocycles. The van der Waals surface area contributed by atoms with Crippen molar-refractivity contribution in [1.29, 1.82) is 0 Å². The first-order valence-corrected chi connectivity index (χ1v) is 10.6. The van der Waals surface area contributed by atoms with Crippen LogP contribution < -0.4 is 10.9 Å². The number of amides is 1. The van der Waals surface area contributed by atoms with Gasteiger partial charge in [0.15, 0.2) is 4.96 Å². The summed E-state index contributed by atoms with van der Waals surface area (Å²) in [7, 11) is 1.81. The van der Waals surface area contributed by atoms with E-state index < -0.39 is 0 Å². The minimum atomic E-state index is -0.172. The van der Waals surface area contributed by atoms with Crippen LogP contribution in [0, 0.1) is 13.8 Å². The SMILES string of the molecule is Cc1cc(-c2c(C)nc3scc(CC(=O)NCCc4ccccc4)n3c2=O)n(C)n1. The lowest BCUT2D eigenvalue weighted by Crippen LogP contribution is -2.29. The number of aryl methyl sites for hydroxylation is 3. The van der Waals surface area contributed by atoms with Crippen LogP contribution in [0.2, 0.25) is 0 Å². The van der Waals surface area contributed by atoms with Crippen molar-refractivity contribution in [3.05, 3.63) is 74.8 Å². The van der Waals surface area contributed by atoms with Crippen molar-refractivity contribution in [2.75, 3.05) is 6.54 Å². The smallest absolute Gasteiger partial charge is 0.268 e. The number of nitrogens with one attached hydrogen (secondary N) is 1. The molecule has 0 aliphatic rings. The summed E-state index contributed by atoms with van der Waals surface area (Å²) >= 11 is 1.37. The van der Waals surface area contributed by atoms with Gasteiger partial charge < -0.3 is 5.32 Å². The monoisotopic (exact) mass is 421 g/mol. The van der Waals surface area contributed by atoms with Gasteiger partial charge in [-0.05, 0) is 31.9 Å². The number of fused-ring (bicyclic) bond motifs is 1. The molecular weight excluding hydrogens is 398 g/mol. The van der Waals surface area contributed by atoms with E-state index in [4.69, 9.17) is 0 Å². The lowest BCUT2D eigenvalue weighted by molar-refractivity contribution is -0.120. The van der Waals surface area contributed by atoms with E-state index in [9.17, 15) is 9.59 Å². The standard InChI is InChI=1S/C22H23N5O2S/c1-14-11-18(26(3)25-14)20-15(2)24-22-27(21(20)29)17(13-30-22)12-19(28)23-10-9-16-7-5-4-6-8-16/h4-8,11,13H,9-10,12H2,1-3H3,(H,23,28). The third kappa shape index (κ3) is 3.91. The Balaban J connectivity index is 1.58. The van der Waals surface area contributed by atoms with Gasteiger partial charge in [-0.15, -0.1) is 11.3 Å². The second-order valence-electron chi connectivity index (χ2n) is 7.28. The van der Waals surface area contributed by atoms with E-state index in [1.54, 1.807) is 9.08 Å². The highest BCUT2D eigenvalue weighted by atomic mass is 32.1. The van der Waals surface area contributed by atoms with Gasteiger partial charge in [-0.1, -0.05) is 30.3 Å². The van der Waals surface area contributed by atoms with Crippen molar-refractivity contribution in [3.8, 4) is 11.3 Å². The lowest BCUT2D eigenvalue weighted by atomic mass is 10.1. The second-order valence-corrected chi connectivity index (χ2v) is 8.12. The Morgan fingerprint density at radius 1 is 1.20 bits per heavy atom. The molecule has 0 saturated heterocycles. The third-order valence-corrected chi connectivity index (χ3v) is 5.87. The first-order chi connectivity index (χ1) is 14.4. The number of benzene rings is 1. The minimum Gasteiger partial charge on any atom is -0.355 e. The predicted molar refractivity (Wildman–Crippen MR) is 118 cm³/mol. The number of hydrogen-bond acceptors (Lipinski definition) is 5. The van der Waals surface area contributed by atoms with E-state index in [0.29, 0.717) is 28.5 Å². The van der Waals surface area contributed by atoms with Crippen LogP contribution in [0.25, 0.3) is 16.2 Å². The van der Waals surface area contributed by atoms with E-state index in [0.717, 1.165) is 17.8 Å². The number of thiazole rings is 1. The molecule has 154 valence electrons. The predicted octanol–water partition coefficient (Wildman–Crippen LogP) is 2.67. The van der Waals surface area contributed by atoms with Gasteiger partial charge in [0, 0.05) is 24.7 Å². The molecule has 1 N–H and O–H groups in total. The lowest BCUT2D eigenvalue weighted by Gasteiger charge is -2.08. The maximum atomic E-state index is 13.3. The topological polar surface area (TPSA) is 81.3 Å². The Kier molecular flexibility index (Phi) is 5.50. The van der Waals surface area contributed by atoms with Crippen molar-refractivity contribution in [2.45, 2.75) is 26.7 Å². The molecule has 30 heavy (non-hydrogen) atoms. The van der Waals surface area contributed by atoms with Crippen molar-refractivity contribution < 1.29 is 4.79 Å². The summed E-state index contributed by atoms with van der Waals surface area (Å²) in [6.45, 7) is 4.27. The van der Waals surface area contributed by atoms with E-state index in [2.05, 4.69) is 15.4 Å². The normalized spacial score (nSPS) is 11.2. The van der Waals surface area contributed by atoms with E-state index in [1.807, 2.05) is 62.7 Å². The van der Waals surface area contributed by atoms with Gasteiger partial charge in [0.25, 0.3) is 5.56 Å². The maximum Gasteiger partial charge on any atom is 0.268 e. The number of nitrogens with zero attached hydrogens (tertiary/aromatic N) is 4. The highest BCUT2D eigenvalue weighted by Gasteiger charge is 2.19. The van der Waals surface area contributed by atoms with Crippen molar-refractivity contribution in [3.63, 3.8) is 0 Å². The fraction of sp³-hybridized carbons (Fsp3) is 0.273. The Bertz CT molecular complexity index is 1270. The molecule has 0 atom stereocenters. The van der Waals surface area contributed by atoms with Crippen molar-refractivity contribution >= 4 is 22.2 Å². The molecule has 1 amide bonds. The zero-order valence-corrected chi connectivity index (χ0v) is 18.0. The second kappa shape index (κ2) is 8.23. The molecule has 4 aromatic rings. The van der Waals surface area contributed by atoms with Gasteiger partial charge in [0.2, 0.25) is 5.91 Å². The molecule has 0 spiro atoms. The summed E-state index contributed by atoms with van der Waals surface area (Å²) in [5.74, 6) is -0.115. The summed E-state index contributed by atoms with van der Waals surface area (Å²) in [5.41, 5.74) is 4.37. The van der Waals surface area contributed by atoms with Crippen molar-refractivity contribution in [1.82, 2.24) is 24.5 Å². The quantitative estimate of drug-likeness (QED) is 0.519. The van der Waals surface area contributed by atoms with Gasteiger partial charge in [0.05, 0.1) is 29.1 Å². The van der Waals surface area contributed by atoms with Crippen LogP contribution in [0.3, 0.4) is 0 Å². The minimum absolute atomic E-state index is 0.115. The molecule has 8 heteroatoms. The van der Waals surface area contributed by atoms with Gasteiger partial charge in [-0.25, -0.2) is 4.98 Å². The molecular formula is C22H23N5O2S. The average Bonchev–Trinajstić information content (AvgIpc) is 3.25. The molecule has 0 aliphatic carbocycles. The fourth-order valence-corrected chi connectivity index (χ4v) is 4.51. The van der Waals surface area contributed by atoms with Crippen LogP contribution in [0.1, 0.15) is 22.6 Å². The molecule has 0 aliphatic heterocycles. The fourth-order valence-electron chi connectivity index (χ4n) is 3.59. The Morgan fingerprint density at radius 3 is 2.67 bits per heavy atom. The summed E-state index contributed by atoms with van der Waals surface area (Å²) in [6, 6.07) is 11.9. The van der Waals surface area contributed by atoms with Crippen LogP contribution >= 0.6 is 11.3 Å². The van der Waals surface area contributed by atoms with Gasteiger partial charge in [-0.3, -0.25) is 18.7 Å². The molecule has 1 aromatic carbocycles. The van der Waals surface area contributed by atoms with Gasteiger partial charge in [-0.2, -0.15) is 5.10 Å². The Hall–Kier alpha value is -3.26. The van der Waals surface area contributed by atoms with Gasteiger partial charge >= 0.3 is 0 Å². The summed E-state index contributed by atoms with van der Waals surface area (Å²) in [4.78, 5) is 31.0. The molecule has 0 bridgehead atoms. The molecule has 4 rings (SSSR count). The number of carbonyl (C=O) groups is 1. The number of hydrogen-bond donors (Lipinski definition) is 1. The zero-order chi connectivity index (χ0) is 21.3. The summed E-state index contributed by atoms with van der Waals surface area (Å²) < 4.78 is 3.24. The first kappa shape index (κ1) is 20.0. The van der Waals surface area contributed by atoms with Crippen molar-refractivity contribution in [2.24, 2.45) is 7.05 Å². The van der Waals surface area contributed by atoms with Crippen LogP contribution in [0.5, 0.6) is 0 Å². The Labute approximate surface area is 178 Å². The highest BCUT2D eigenvalue weighted by molar-refractivity contribution is 7.15. The zero-order valence-electron chi connectivity index (χ0n) is 17.2. The Morgan fingerprint density at radius 2 is 1.97 bits per heavy atom. The number of carbonyl (C=O) groups excluding carboxylic acids is 1. The maximum absolute atomic E-state index is 13.3. The summed E-state index contributed by atoms with van der Waals surface area (Å²) in [6.07, 6.45) is 0.894. The summed E-state index contributed by atoms with van der Waals surface area (Å²) in [5, 5.41) is 9.12. The van der Waals surface area contributed by atoms with Gasteiger partial charge in [0.1, 0.15) is 0 Å².